The Morgan fingerprint density at radius 1 is 0.840 bits per heavy atom. The lowest BCUT2D eigenvalue weighted by Gasteiger charge is -2.10. The van der Waals surface area contributed by atoms with Gasteiger partial charge in [-0.2, -0.15) is 0 Å². The fourth-order valence-electron chi connectivity index (χ4n) is 2.56. The number of amides is 1. The van der Waals surface area contributed by atoms with Crippen molar-refractivity contribution in [2.75, 3.05) is 10.0 Å². The van der Waals surface area contributed by atoms with Gasteiger partial charge in [0.2, 0.25) is 5.91 Å². The number of benzene rings is 3. The quantitative estimate of drug-likeness (QED) is 0.746. The lowest BCUT2D eigenvalue weighted by Crippen LogP contribution is -2.13. The van der Waals surface area contributed by atoms with Gasteiger partial charge in [0, 0.05) is 18.3 Å². The summed E-state index contributed by atoms with van der Waals surface area (Å²) in [6, 6.07) is 17.5. The average Bonchev–Trinajstić information content (AvgIpc) is 2.54. The van der Waals surface area contributed by atoms with E-state index in [1.807, 2.05) is 31.2 Å². The summed E-state index contributed by atoms with van der Waals surface area (Å²) in [6.45, 7) is 3.41. The Labute approximate surface area is 146 Å². The van der Waals surface area contributed by atoms with Crippen LogP contribution in [0.3, 0.4) is 0 Å². The largest absolute Gasteiger partial charge is 0.326 e. The van der Waals surface area contributed by atoms with Crippen molar-refractivity contribution in [3.05, 3.63) is 66.2 Å². The lowest BCUT2D eigenvalue weighted by molar-refractivity contribution is -0.114. The van der Waals surface area contributed by atoms with Crippen LogP contribution < -0.4 is 10.0 Å². The normalized spacial score (nSPS) is 11.3. The first kappa shape index (κ1) is 17.0. The van der Waals surface area contributed by atoms with Gasteiger partial charge < -0.3 is 5.32 Å². The minimum atomic E-state index is -3.70. The zero-order valence-electron chi connectivity index (χ0n) is 13.9. The predicted molar refractivity (Wildman–Crippen MR) is 100 cm³/mol. The summed E-state index contributed by atoms with van der Waals surface area (Å²) in [6.07, 6.45) is 0. The number of sulfonamides is 1. The first-order chi connectivity index (χ1) is 11.8. The van der Waals surface area contributed by atoms with Gasteiger partial charge in [-0.1, -0.05) is 29.8 Å². The van der Waals surface area contributed by atoms with Crippen LogP contribution in [-0.4, -0.2) is 14.3 Å². The van der Waals surface area contributed by atoms with E-state index >= 15 is 0 Å². The third-order valence-electron chi connectivity index (χ3n) is 3.73. The smallest absolute Gasteiger partial charge is 0.261 e. The van der Waals surface area contributed by atoms with Gasteiger partial charge in [-0.05, 0) is 54.1 Å². The summed E-state index contributed by atoms with van der Waals surface area (Å²) >= 11 is 0. The molecule has 0 spiro atoms. The summed E-state index contributed by atoms with van der Waals surface area (Å²) in [5.41, 5.74) is 2.20. The Hall–Kier alpha value is -2.86. The minimum Gasteiger partial charge on any atom is -0.326 e. The molecule has 0 aliphatic carbocycles. The molecule has 128 valence electrons. The van der Waals surface area contributed by atoms with Gasteiger partial charge in [0.25, 0.3) is 10.0 Å². The van der Waals surface area contributed by atoms with Crippen LogP contribution in [0.15, 0.2) is 65.6 Å². The molecular formula is C19H18N2O3S. The summed E-state index contributed by atoms with van der Waals surface area (Å²) in [5, 5.41) is 4.63. The van der Waals surface area contributed by atoms with E-state index in [1.54, 1.807) is 24.3 Å². The summed E-state index contributed by atoms with van der Waals surface area (Å²) in [4.78, 5) is 11.2. The maximum Gasteiger partial charge on any atom is 0.261 e. The van der Waals surface area contributed by atoms with Gasteiger partial charge in [0.15, 0.2) is 0 Å². The first-order valence-corrected chi connectivity index (χ1v) is 9.23. The van der Waals surface area contributed by atoms with Crippen molar-refractivity contribution in [3.8, 4) is 0 Å². The Balaban J connectivity index is 1.85. The van der Waals surface area contributed by atoms with E-state index < -0.39 is 10.0 Å². The van der Waals surface area contributed by atoms with E-state index in [-0.39, 0.29) is 10.8 Å². The molecule has 0 radical (unpaired) electrons. The fraction of sp³-hybridized carbons (Fsp3) is 0.105. The van der Waals surface area contributed by atoms with Crippen LogP contribution >= 0.6 is 0 Å². The van der Waals surface area contributed by atoms with Crippen LogP contribution in [-0.2, 0) is 14.8 Å². The summed E-state index contributed by atoms with van der Waals surface area (Å²) < 4.78 is 27.6. The van der Waals surface area contributed by atoms with E-state index in [9.17, 15) is 13.2 Å². The van der Waals surface area contributed by atoms with Crippen molar-refractivity contribution >= 4 is 38.1 Å². The number of rotatable bonds is 4. The molecule has 25 heavy (non-hydrogen) atoms. The zero-order chi connectivity index (χ0) is 18.0. The number of carbonyl (C=O) groups is 1. The Bertz CT molecular complexity index is 1040. The number of carbonyl (C=O) groups excluding carboxylic acids is 1. The van der Waals surface area contributed by atoms with Crippen molar-refractivity contribution in [2.24, 2.45) is 0 Å². The zero-order valence-corrected chi connectivity index (χ0v) is 14.7. The lowest BCUT2D eigenvalue weighted by atomic mass is 10.1. The standard InChI is InChI=1S/C19H18N2O3S/c1-13-3-4-16-12-18(6-5-15(16)11-13)21-25(23,24)19-9-7-17(8-10-19)20-14(2)22/h3-12,21H,1-2H3,(H,20,22). The molecule has 0 aliphatic rings. The molecule has 0 heterocycles. The molecule has 5 nitrogen and oxygen atoms in total. The third-order valence-corrected chi connectivity index (χ3v) is 5.13. The molecule has 0 unspecified atom stereocenters. The van der Waals surface area contributed by atoms with Gasteiger partial charge >= 0.3 is 0 Å². The molecule has 1 amide bonds. The molecule has 0 atom stereocenters. The Kier molecular flexibility index (Phi) is 4.46. The summed E-state index contributed by atoms with van der Waals surface area (Å²) in [5.74, 6) is -0.208. The highest BCUT2D eigenvalue weighted by molar-refractivity contribution is 7.92. The number of hydrogen-bond donors (Lipinski definition) is 2. The highest BCUT2D eigenvalue weighted by atomic mass is 32.2. The molecule has 6 heteroatoms. The molecule has 3 aromatic rings. The molecule has 2 N–H and O–H groups in total. The Morgan fingerprint density at radius 2 is 1.44 bits per heavy atom. The topological polar surface area (TPSA) is 75.3 Å². The number of hydrogen-bond acceptors (Lipinski definition) is 3. The van der Waals surface area contributed by atoms with Crippen molar-refractivity contribution in [3.63, 3.8) is 0 Å². The van der Waals surface area contributed by atoms with Crippen LogP contribution in [0.2, 0.25) is 0 Å². The molecule has 0 bridgehead atoms. The van der Waals surface area contributed by atoms with E-state index in [0.29, 0.717) is 11.4 Å². The van der Waals surface area contributed by atoms with Crippen LogP contribution in [0.5, 0.6) is 0 Å². The second-order valence-corrected chi connectivity index (χ2v) is 7.56. The number of anilines is 2. The maximum absolute atomic E-state index is 12.5. The molecule has 0 saturated carbocycles. The maximum atomic E-state index is 12.5. The van der Waals surface area contributed by atoms with E-state index in [4.69, 9.17) is 0 Å². The minimum absolute atomic E-state index is 0.130. The summed E-state index contributed by atoms with van der Waals surface area (Å²) in [7, 11) is -3.70. The average molecular weight is 354 g/mol. The van der Waals surface area contributed by atoms with Gasteiger partial charge in [0.1, 0.15) is 0 Å². The monoisotopic (exact) mass is 354 g/mol. The van der Waals surface area contributed by atoms with Crippen molar-refractivity contribution in [2.45, 2.75) is 18.7 Å². The fourth-order valence-corrected chi connectivity index (χ4v) is 3.61. The number of nitrogens with one attached hydrogen (secondary N) is 2. The molecule has 0 saturated heterocycles. The van der Waals surface area contributed by atoms with Crippen LogP contribution in [0.1, 0.15) is 12.5 Å². The molecule has 3 rings (SSSR count). The van der Waals surface area contributed by atoms with E-state index in [2.05, 4.69) is 10.0 Å². The number of fused-ring (bicyclic) bond motifs is 1. The van der Waals surface area contributed by atoms with Gasteiger partial charge in [-0.15, -0.1) is 0 Å². The SMILES string of the molecule is CC(=O)Nc1ccc(S(=O)(=O)Nc2ccc3cc(C)ccc3c2)cc1. The van der Waals surface area contributed by atoms with E-state index in [1.165, 1.54) is 19.1 Å². The molecule has 0 fully saturated rings. The third kappa shape index (κ3) is 3.97. The van der Waals surface area contributed by atoms with Crippen molar-refractivity contribution in [1.29, 1.82) is 0 Å². The molecular weight excluding hydrogens is 336 g/mol. The second-order valence-electron chi connectivity index (χ2n) is 5.88. The van der Waals surface area contributed by atoms with Crippen molar-refractivity contribution in [1.82, 2.24) is 0 Å². The first-order valence-electron chi connectivity index (χ1n) is 7.74. The highest BCUT2D eigenvalue weighted by Crippen LogP contribution is 2.23. The van der Waals surface area contributed by atoms with Gasteiger partial charge in [-0.25, -0.2) is 8.42 Å². The number of aryl methyl sites for hydroxylation is 1. The van der Waals surface area contributed by atoms with Crippen molar-refractivity contribution < 1.29 is 13.2 Å². The molecule has 0 aromatic heterocycles. The van der Waals surface area contributed by atoms with E-state index in [0.717, 1.165) is 16.3 Å². The van der Waals surface area contributed by atoms with Gasteiger partial charge in [-0.3, -0.25) is 9.52 Å². The highest BCUT2D eigenvalue weighted by Gasteiger charge is 2.14. The predicted octanol–water partition coefficient (Wildman–Crippen LogP) is 3.91. The second kappa shape index (κ2) is 6.57. The van der Waals surface area contributed by atoms with Crippen LogP contribution in [0.4, 0.5) is 11.4 Å². The Morgan fingerprint density at radius 3 is 2.12 bits per heavy atom. The molecule has 0 aliphatic heterocycles. The van der Waals surface area contributed by atoms with Gasteiger partial charge in [0.05, 0.1) is 4.90 Å². The van der Waals surface area contributed by atoms with Crippen LogP contribution in [0.25, 0.3) is 10.8 Å². The molecule has 3 aromatic carbocycles. The van der Waals surface area contributed by atoms with Crippen LogP contribution in [0, 0.1) is 6.92 Å².